The van der Waals surface area contributed by atoms with Crippen molar-refractivity contribution < 1.29 is 12.8 Å². The first kappa shape index (κ1) is 15.5. The van der Waals surface area contributed by atoms with E-state index in [1.807, 2.05) is 0 Å². The molecule has 1 aromatic heterocycles. The minimum Gasteiger partial charge on any atom is -0.274 e. The van der Waals surface area contributed by atoms with Crippen LogP contribution in [0.4, 0.5) is 10.1 Å². The molecule has 0 aliphatic carbocycles. The zero-order valence-electron chi connectivity index (χ0n) is 12.4. The lowest BCUT2D eigenvalue weighted by Crippen LogP contribution is -2.37. The highest BCUT2D eigenvalue weighted by Crippen LogP contribution is 2.27. The first-order valence-electron chi connectivity index (χ1n) is 6.52. The molecule has 0 radical (unpaired) electrons. The average Bonchev–Trinajstić information content (AvgIpc) is 2.77. The number of aromatic nitrogens is 2. The van der Waals surface area contributed by atoms with Crippen LogP contribution in [0.5, 0.6) is 0 Å². The van der Waals surface area contributed by atoms with Crippen LogP contribution in [0.1, 0.15) is 19.4 Å². The van der Waals surface area contributed by atoms with Crippen molar-refractivity contribution in [2.75, 3.05) is 4.31 Å². The third-order valence-corrected chi connectivity index (χ3v) is 5.06. The molecule has 114 valence electrons. The molecule has 0 bridgehead atoms. The zero-order chi connectivity index (χ0) is 15.8. The normalized spacial score (nSPS) is 11.9. The first-order chi connectivity index (χ1) is 9.73. The Kier molecular flexibility index (Phi) is 4.04. The number of sulfonamides is 1. The van der Waals surface area contributed by atoms with Crippen LogP contribution in [-0.2, 0) is 17.1 Å². The predicted octanol–water partition coefficient (Wildman–Crippen LogP) is 2.47. The minimum absolute atomic E-state index is 0.319. The van der Waals surface area contributed by atoms with E-state index in [4.69, 9.17) is 0 Å². The van der Waals surface area contributed by atoms with Gasteiger partial charge in [-0.2, -0.15) is 5.10 Å². The molecule has 0 saturated heterocycles. The summed E-state index contributed by atoms with van der Waals surface area (Å²) >= 11 is 0. The summed E-state index contributed by atoms with van der Waals surface area (Å²) in [6, 6.07) is 3.69. The smallest absolute Gasteiger partial charge is 0.267 e. The van der Waals surface area contributed by atoms with E-state index < -0.39 is 15.8 Å². The van der Waals surface area contributed by atoms with Crippen molar-refractivity contribution in [1.29, 1.82) is 0 Å². The number of hydrogen-bond donors (Lipinski definition) is 0. The zero-order valence-corrected chi connectivity index (χ0v) is 13.2. The molecule has 21 heavy (non-hydrogen) atoms. The quantitative estimate of drug-likeness (QED) is 0.871. The van der Waals surface area contributed by atoms with E-state index in [-0.39, 0.29) is 10.9 Å². The maximum Gasteiger partial charge on any atom is 0.267 e. The highest BCUT2D eigenvalue weighted by molar-refractivity contribution is 7.92. The fourth-order valence-corrected chi connectivity index (χ4v) is 3.94. The van der Waals surface area contributed by atoms with Crippen LogP contribution in [0.15, 0.2) is 35.5 Å². The summed E-state index contributed by atoms with van der Waals surface area (Å²) in [5.74, 6) is -0.754. The molecule has 0 aliphatic heterocycles. The molecule has 0 saturated carbocycles. The monoisotopic (exact) mass is 311 g/mol. The van der Waals surface area contributed by atoms with E-state index in [1.165, 1.54) is 33.4 Å². The van der Waals surface area contributed by atoms with Gasteiger partial charge in [0, 0.05) is 19.3 Å². The lowest BCUT2D eigenvalue weighted by Gasteiger charge is -2.27. The second kappa shape index (κ2) is 5.48. The number of anilines is 1. The van der Waals surface area contributed by atoms with Gasteiger partial charge < -0.3 is 0 Å². The number of aryl methyl sites for hydroxylation is 2. The summed E-state index contributed by atoms with van der Waals surface area (Å²) in [5, 5.41) is 3.98. The van der Waals surface area contributed by atoms with E-state index in [0.717, 1.165) is 0 Å². The topological polar surface area (TPSA) is 55.2 Å². The summed E-state index contributed by atoms with van der Waals surface area (Å²) in [7, 11) is -2.29. The fourth-order valence-electron chi connectivity index (χ4n) is 2.15. The van der Waals surface area contributed by atoms with Crippen LogP contribution in [0.2, 0.25) is 0 Å². The second-order valence-corrected chi connectivity index (χ2v) is 6.98. The lowest BCUT2D eigenvalue weighted by atomic mass is 10.2. The van der Waals surface area contributed by atoms with E-state index in [9.17, 15) is 12.8 Å². The van der Waals surface area contributed by atoms with Gasteiger partial charge in [-0.3, -0.25) is 8.99 Å². The van der Waals surface area contributed by atoms with E-state index in [2.05, 4.69) is 5.10 Å². The Hall–Kier alpha value is -1.89. The summed E-state index contributed by atoms with van der Waals surface area (Å²) in [6.45, 7) is 5.19. The summed E-state index contributed by atoms with van der Waals surface area (Å²) in [6.07, 6.45) is 3.04. The second-order valence-electron chi connectivity index (χ2n) is 5.20. The van der Waals surface area contributed by atoms with Gasteiger partial charge >= 0.3 is 0 Å². The first-order valence-corrected chi connectivity index (χ1v) is 7.96. The van der Waals surface area contributed by atoms with Crippen molar-refractivity contribution in [3.05, 3.63) is 42.0 Å². The van der Waals surface area contributed by atoms with Crippen LogP contribution in [0.3, 0.4) is 0 Å². The van der Waals surface area contributed by atoms with E-state index in [1.54, 1.807) is 34.0 Å². The predicted molar refractivity (Wildman–Crippen MR) is 79.1 cm³/mol. The molecule has 2 aromatic rings. The van der Waals surface area contributed by atoms with Gasteiger partial charge in [-0.05, 0) is 38.5 Å². The molecule has 0 spiro atoms. The Balaban J connectivity index is 2.61. The number of nitrogens with zero attached hydrogens (tertiary/aromatic N) is 3. The van der Waals surface area contributed by atoms with Crippen molar-refractivity contribution >= 4 is 15.7 Å². The van der Waals surface area contributed by atoms with Gasteiger partial charge in [-0.25, -0.2) is 12.8 Å². The molecule has 2 rings (SSSR count). The largest absolute Gasteiger partial charge is 0.274 e. The molecule has 5 nitrogen and oxygen atoms in total. The molecule has 0 amide bonds. The lowest BCUT2D eigenvalue weighted by molar-refractivity contribution is 0.559. The Morgan fingerprint density at radius 3 is 2.52 bits per heavy atom. The summed E-state index contributed by atoms with van der Waals surface area (Å²) < 4.78 is 42.3. The van der Waals surface area contributed by atoms with E-state index >= 15 is 0 Å². The molecule has 0 fully saturated rings. The molecule has 0 atom stereocenters. The third kappa shape index (κ3) is 2.92. The van der Waals surface area contributed by atoms with Crippen LogP contribution in [-0.4, -0.2) is 24.2 Å². The van der Waals surface area contributed by atoms with Crippen molar-refractivity contribution in [1.82, 2.24) is 9.78 Å². The van der Waals surface area contributed by atoms with Crippen LogP contribution < -0.4 is 4.31 Å². The van der Waals surface area contributed by atoms with Gasteiger partial charge in [0.15, 0.2) is 0 Å². The highest BCUT2D eigenvalue weighted by atomic mass is 32.2. The maximum absolute atomic E-state index is 14.0. The van der Waals surface area contributed by atoms with Gasteiger partial charge in [0.25, 0.3) is 10.0 Å². The molecular formula is C14H18FN3O2S. The van der Waals surface area contributed by atoms with Gasteiger partial charge in [0.1, 0.15) is 10.7 Å². The number of halogens is 1. The standard InChI is InChI=1S/C14H18FN3O2S/c1-10(2)18(12-8-16-17(4)9-12)21(19,20)14-7-11(3)5-6-13(14)15/h5-10H,1-4H3. The SMILES string of the molecule is Cc1ccc(F)c(S(=O)(=O)N(c2cnn(C)c2)C(C)C)c1. The number of hydrogen-bond acceptors (Lipinski definition) is 3. The van der Waals surface area contributed by atoms with Crippen molar-refractivity contribution in [2.45, 2.75) is 31.7 Å². The van der Waals surface area contributed by atoms with Crippen molar-refractivity contribution in [3.8, 4) is 0 Å². The third-order valence-electron chi connectivity index (χ3n) is 3.04. The van der Waals surface area contributed by atoms with Gasteiger partial charge in [-0.1, -0.05) is 6.07 Å². The molecular weight excluding hydrogens is 293 g/mol. The molecule has 1 aromatic carbocycles. The highest BCUT2D eigenvalue weighted by Gasteiger charge is 2.30. The van der Waals surface area contributed by atoms with Crippen LogP contribution in [0.25, 0.3) is 0 Å². The maximum atomic E-state index is 14.0. The van der Waals surface area contributed by atoms with Crippen molar-refractivity contribution in [3.63, 3.8) is 0 Å². The van der Waals surface area contributed by atoms with Crippen LogP contribution in [0, 0.1) is 12.7 Å². The Morgan fingerprint density at radius 1 is 1.33 bits per heavy atom. The van der Waals surface area contributed by atoms with E-state index in [0.29, 0.717) is 11.3 Å². The Bertz CT molecular complexity index is 753. The van der Waals surface area contributed by atoms with Crippen LogP contribution >= 0.6 is 0 Å². The van der Waals surface area contributed by atoms with Gasteiger partial charge in [0.05, 0.1) is 11.9 Å². The average molecular weight is 311 g/mol. The minimum atomic E-state index is -3.99. The summed E-state index contributed by atoms with van der Waals surface area (Å²) in [5.41, 5.74) is 1.10. The Labute approximate surface area is 124 Å². The number of rotatable bonds is 4. The van der Waals surface area contributed by atoms with Gasteiger partial charge in [-0.15, -0.1) is 0 Å². The molecule has 1 heterocycles. The molecule has 7 heteroatoms. The molecule has 0 aliphatic rings. The van der Waals surface area contributed by atoms with Gasteiger partial charge in [0.2, 0.25) is 0 Å². The van der Waals surface area contributed by atoms with Crippen molar-refractivity contribution in [2.24, 2.45) is 7.05 Å². The number of benzene rings is 1. The molecule has 0 N–H and O–H groups in total. The summed E-state index contributed by atoms with van der Waals surface area (Å²) in [4.78, 5) is -0.319. The fraction of sp³-hybridized carbons (Fsp3) is 0.357. The molecule has 0 unspecified atom stereocenters. The Morgan fingerprint density at radius 2 is 2.00 bits per heavy atom.